The fraction of sp³-hybridized carbons (Fsp3) is 0.241. The van der Waals surface area contributed by atoms with Crippen LogP contribution in [0, 0.1) is 24.0 Å². The van der Waals surface area contributed by atoms with Crippen molar-refractivity contribution in [2.75, 3.05) is 37.5 Å². The van der Waals surface area contributed by atoms with E-state index in [-0.39, 0.29) is 34.7 Å². The summed E-state index contributed by atoms with van der Waals surface area (Å²) < 4.78 is 36.1. The van der Waals surface area contributed by atoms with Gasteiger partial charge in [-0.25, -0.2) is 8.78 Å². The van der Waals surface area contributed by atoms with Gasteiger partial charge in [-0.3, -0.25) is 9.78 Å². The lowest BCUT2D eigenvalue weighted by Gasteiger charge is -2.27. The van der Waals surface area contributed by atoms with Crippen molar-refractivity contribution < 1.29 is 18.3 Å². The molecular weight excluding hydrogens is 568 g/mol. The first-order valence-electron chi connectivity index (χ1n) is 12.2. The van der Waals surface area contributed by atoms with Gasteiger partial charge in [0.05, 0.1) is 18.1 Å². The maximum Gasteiger partial charge on any atom is 0.318 e. The Morgan fingerprint density at radius 3 is 2.87 bits per heavy atom. The van der Waals surface area contributed by atoms with Gasteiger partial charge in [0.15, 0.2) is 5.82 Å². The molecule has 2 aromatic heterocycles. The highest BCUT2D eigenvalue weighted by molar-refractivity contribution is 9.09. The molecule has 0 N–H and O–H groups in total. The lowest BCUT2D eigenvalue weighted by Crippen LogP contribution is -2.36. The number of likely N-dealkylation sites (tertiary alicyclic amines) is 1. The summed E-state index contributed by atoms with van der Waals surface area (Å²) in [6, 6.07) is 7.98. The van der Waals surface area contributed by atoms with Crippen molar-refractivity contribution in [3.05, 3.63) is 65.9 Å². The van der Waals surface area contributed by atoms with Crippen LogP contribution in [-0.4, -0.2) is 64.4 Å². The molecule has 198 valence electrons. The number of carbonyl (C=O) groups is 1. The van der Waals surface area contributed by atoms with E-state index in [0.717, 1.165) is 0 Å². The third-order valence-electron chi connectivity index (χ3n) is 6.93. The van der Waals surface area contributed by atoms with Crippen molar-refractivity contribution in [1.29, 1.82) is 0 Å². The van der Waals surface area contributed by atoms with Gasteiger partial charge in [0.25, 0.3) is 0 Å². The van der Waals surface area contributed by atoms with Crippen LogP contribution in [0.5, 0.6) is 6.01 Å². The number of benzene rings is 2. The van der Waals surface area contributed by atoms with Crippen LogP contribution in [0.3, 0.4) is 0 Å². The molecule has 0 bridgehead atoms. The molecule has 1 saturated heterocycles. The number of fused-ring (bicyclic) bond motifs is 2. The molecule has 10 heteroatoms. The monoisotopic (exact) mass is 591 g/mol. The van der Waals surface area contributed by atoms with Crippen LogP contribution in [-0.2, 0) is 4.79 Å². The second-order valence-corrected chi connectivity index (χ2v) is 9.73. The Kier molecular flexibility index (Phi) is 7.44. The molecule has 1 fully saturated rings. The standard InChI is InChI=1S/C29H24BrF2N5O2/c1-4-19-22(31)11-10-17-7-5-8-20(24(17)19)26-25(32)27-21(15-33-26)28(35-29(34-27)39-3)36(2)18-12-14-37(16-18)23(38)9-6-13-30/h1,5-11,15,18H,12-14,16H2,2-3H3/b9-6+. The molecule has 39 heavy (non-hydrogen) atoms. The van der Waals surface area contributed by atoms with E-state index in [2.05, 4.69) is 36.8 Å². The zero-order valence-electron chi connectivity index (χ0n) is 21.3. The maximum absolute atomic E-state index is 16.2. The van der Waals surface area contributed by atoms with Crippen LogP contribution in [0.2, 0.25) is 0 Å². The van der Waals surface area contributed by atoms with Crippen LogP contribution >= 0.6 is 15.9 Å². The van der Waals surface area contributed by atoms with Gasteiger partial charge in [-0.1, -0.05) is 52.2 Å². The molecule has 0 aliphatic carbocycles. The number of amides is 1. The Balaban J connectivity index is 1.61. The zero-order valence-corrected chi connectivity index (χ0v) is 22.9. The third-order valence-corrected chi connectivity index (χ3v) is 7.30. The summed E-state index contributed by atoms with van der Waals surface area (Å²) in [5.74, 6) is 1.48. The van der Waals surface area contributed by atoms with Gasteiger partial charge in [-0.2, -0.15) is 9.97 Å². The topological polar surface area (TPSA) is 71.5 Å². The number of ether oxygens (including phenoxy) is 1. The number of methoxy groups -OCH3 is 1. The van der Waals surface area contributed by atoms with Gasteiger partial charge in [0, 0.05) is 48.7 Å². The molecule has 3 heterocycles. The van der Waals surface area contributed by atoms with E-state index in [1.807, 2.05) is 11.9 Å². The number of terminal acetylenes is 1. The van der Waals surface area contributed by atoms with Crippen molar-refractivity contribution in [1.82, 2.24) is 19.9 Å². The van der Waals surface area contributed by atoms with Gasteiger partial charge in [0.2, 0.25) is 5.91 Å². The van der Waals surface area contributed by atoms with Crippen LogP contribution in [0.15, 0.2) is 48.7 Å². The van der Waals surface area contributed by atoms with E-state index >= 15 is 4.39 Å². The average molecular weight is 592 g/mol. The Morgan fingerprint density at radius 2 is 2.13 bits per heavy atom. The molecule has 1 amide bonds. The van der Waals surface area contributed by atoms with E-state index in [1.54, 1.807) is 41.3 Å². The van der Waals surface area contributed by atoms with Crippen molar-refractivity contribution in [2.24, 2.45) is 0 Å². The second kappa shape index (κ2) is 10.9. The van der Waals surface area contributed by atoms with Gasteiger partial charge in [-0.05, 0) is 23.9 Å². The molecule has 1 unspecified atom stereocenters. The summed E-state index contributed by atoms with van der Waals surface area (Å²) in [7, 11) is 3.25. The highest BCUT2D eigenvalue weighted by atomic mass is 79.9. The number of halogens is 3. The third kappa shape index (κ3) is 4.79. The van der Waals surface area contributed by atoms with Crippen LogP contribution in [0.1, 0.15) is 12.0 Å². The maximum atomic E-state index is 16.2. The summed E-state index contributed by atoms with van der Waals surface area (Å²) >= 11 is 3.28. The van der Waals surface area contributed by atoms with E-state index in [1.165, 1.54) is 19.4 Å². The highest BCUT2D eigenvalue weighted by Gasteiger charge is 2.30. The Bertz CT molecular complexity index is 1670. The summed E-state index contributed by atoms with van der Waals surface area (Å²) in [5.41, 5.74) is 0.390. The molecular formula is C29H24BrF2N5O2. The van der Waals surface area contributed by atoms with Gasteiger partial charge < -0.3 is 14.5 Å². The normalized spacial score (nSPS) is 15.3. The summed E-state index contributed by atoms with van der Waals surface area (Å²) in [4.78, 5) is 29.4. The number of likely N-dealkylation sites (N-methyl/N-ethyl adjacent to an activating group) is 1. The van der Waals surface area contributed by atoms with Crippen molar-refractivity contribution >= 4 is 49.3 Å². The number of alkyl halides is 1. The summed E-state index contributed by atoms with van der Waals surface area (Å²) in [6.07, 6.45) is 11.1. The van der Waals surface area contributed by atoms with E-state index in [4.69, 9.17) is 11.2 Å². The molecule has 0 saturated carbocycles. The minimum Gasteiger partial charge on any atom is -0.467 e. The SMILES string of the molecule is C#Cc1c(F)ccc2cccc(-c3ncc4c(N(C)C5CCN(C(=O)/C=C/CBr)C5)nc(OC)nc4c3F)c12. The summed E-state index contributed by atoms with van der Waals surface area (Å²) in [6.45, 7) is 1.08. The van der Waals surface area contributed by atoms with Gasteiger partial charge in [0.1, 0.15) is 22.8 Å². The first-order valence-corrected chi connectivity index (χ1v) is 13.3. The smallest absolute Gasteiger partial charge is 0.318 e. The number of hydrogen-bond acceptors (Lipinski definition) is 6. The van der Waals surface area contributed by atoms with Crippen LogP contribution in [0.4, 0.5) is 14.6 Å². The van der Waals surface area contributed by atoms with Crippen LogP contribution in [0.25, 0.3) is 32.9 Å². The quantitative estimate of drug-likeness (QED) is 0.176. The largest absolute Gasteiger partial charge is 0.467 e. The minimum absolute atomic E-state index is 0.00977. The molecule has 2 aromatic carbocycles. The van der Waals surface area contributed by atoms with Crippen molar-refractivity contribution in [3.8, 4) is 29.6 Å². The number of carbonyl (C=O) groups excluding carboxylic acids is 1. The predicted octanol–water partition coefficient (Wildman–Crippen LogP) is 5.10. The first-order chi connectivity index (χ1) is 18.9. The molecule has 0 spiro atoms. The van der Waals surface area contributed by atoms with Crippen molar-refractivity contribution in [2.45, 2.75) is 12.5 Å². The first kappa shape index (κ1) is 26.5. The fourth-order valence-electron chi connectivity index (χ4n) is 4.94. The molecule has 7 nitrogen and oxygen atoms in total. The Labute approximate surface area is 232 Å². The van der Waals surface area contributed by atoms with Gasteiger partial charge >= 0.3 is 6.01 Å². The number of rotatable bonds is 6. The number of hydrogen-bond donors (Lipinski definition) is 0. The number of nitrogens with zero attached hydrogens (tertiary/aromatic N) is 5. The highest BCUT2D eigenvalue weighted by Crippen LogP contribution is 2.37. The van der Waals surface area contributed by atoms with E-state index < -0.39 is 11.6 Å². The van der Waals surface area contributed by atoms with Gasteiger partial charge in [-0.15, -0.1) is 6.42 Å². The average Bonchev–Trinajstić information content (AvgIpc) is 3.46. The van der Waals surface area contributed by atoms with E-state index in [0.29, 0.717) is 52.4 Å². The molecule has 1 aliphatic heterocycles. The number of aromatic nitrogens is 3. The second-order valence-electron chi connectivity index (χ2n) is 9.08. The van der Waals surface area contributed by atoms with Crippen molar-refractivity contribution in [3.63, 3.8) is 0 Å². The lowest BCUT2D eigenvalue weighted by molar-refractivity contribution is -0.125. The predicted molar refractivity (Wildman–Crippen MR) is 151 cm³/mol. The number of pyridine rings is 1. The molecule has 1 aliphatic rings. The molecule has 4 aromatic rings. The number of anilines is 1. The van der Waals surface area contributed by atoms with E-state index in [9.17, 15) is 9.18 Å². The molecule has 1 atom stereocenters. The molecule has 0 radical (unpaired) electrons. The Hall–Kier alpha value is -4.10. The Morgan fingerprint density at radius 1 is 1.31 bits per heavy atom. The minimum atomic E-state index is -0.703. The molecule has 5 rings (SSSR count). The lowest BCUT2D eigenvalue weighted by atomic mass is 9.96. The summed E-state index contributed by atoms with van der Waals surface area (Å²) in [5, 5.41) is 2.04. The fourth-order valence-corrected chi connectivity index (χ4v) is 5.13. The van der Waals surface area contributed by atoms with Crippen LogP contribution < -0.4 is 9.64 Å². The number of allylic oxidation sites excluding steroid dienone is 1. The zero-order chi connectivity index (χ0) is 27.7.